The van der Waals surface area contributed by atoms with Crippen molar-refractivity contribution in [2.24, 2.45) is 0 Å². The van der Waals surface area contributed by atoms with Gasteiger partial charge in [-0.25, -0.2) is 0 Å². The van der Waals surface area contributed by atoms with Crippen LogP contribution < -0.4 is 0 Å². The van der Waals surface area contributed by atoms with E-state index in [4.69, 9.17) is 4.74 Å². The summed E-state index contributed by atoms with van der Waals surface area (Å²) in [6.45, 7) is -0.149. The van der Waals surface area contributed by atoms with Gasteiger partial charge in [0.15, 0.2) is 0 Å². The lowest BCUT2D eigenvalue weighted by Gasteiger charge is -2.18. The average Bonchev–Trinajstić information content (AvgIpc) is 3.00. The normalized spacial score (nSPS) is 24.5. The topological polar surface area (TPSA) is 49.7 Å². The van der Waals surface area contributed by atoms with Crippen molar-refractivity contribution >= 4 is 32.3 Å². The molecule has 1 heterocycles. The first kappa shape index (κ1) is 14.2. The molecule has 1 unspecified atom stereocenters. The Morgan fingerprint density at radius 2 is 1.54 bits per heavy atom. The zero-order valence-corrected chi connectivity index (χ0v) is 13.1. The fourth-order valence-corrected chi connectivity index (χ4v) is 4.13. The summed E-state index contributed by atoms with van der Waals surface area (Å²) in [6.07, 6.45) is -0.760. The SMILES string of the molecule is OC[C@H]1OC(c2ccc3ccc4cccc5ccc2c3c45)C[C@@H]1O. The van der Waals surface area contributed by atoms with Gasteiger partial charge < -0.3 is 14.9 Å². The van der Waals surface area contributed by atoms with Crippen LogP contribution in [0, 0.1) is 0 Å². The number of aliphatic hydroxyl groups is 2. The summed E-state index contributed by atoms with van der Waals surface area (Å²) in [6, 6.07) is 19.2. The Kier molecular flexibility index (Phi) is 3.04. The maximum Gasteiger partial charge on any atom is 0.107 e. The highest BCUT2D eigenvalue weighted by atomic mass is 16.5. The molecule has 1 aliphatic rings. The molecule has 1 aliphatic heterocycles. The number of ether oxygens (including phenoxy) is 1. The number of benzene rings is 4. The van der Waals surface area contributed by atoms with Gasteiger partial charge >= 0.3 is 0 Å². The first-order valence-electron chi connectivity index (χ1n) is 8.37. The number of hydrogen-bond donors (Lipinski definition) is 2. The molecule has 5 rings (SSSR count). The van der Waals surface area contributed by atoms with Crippen molar-refractivity contribution in [2.75, 3.05) is 6.61 Å². The molecule has 0 aliphatic carbocycles. The summed E-state index contributed by atoms with van der Waals surface area (Å²) >= 11 is 0. The first-order chi connectivity index (χ1) is 11.8. The number of hydrogen-bond acceptors (Lipinski definition) is 3. The summed E-state index contributed by atoms with van der Waals surface area (Å²) in [4.78, 5) is 0. The van der Waals surface area contributed by atoms with Crippen molar-refractivity contribution in [3.8, 4) is 0 Å². The minimum Gasteiger partial charge on any atom is -0.394 e. The molecule has 4 aromatic rings. The van der Waals surface area contributed by atoms with Crippen LogP contribution in [0.4, 0.5) is 0 Å². The monoisotopic (exact) mass is 318 g/mol. The van der Waals surface area contributed by atoms with Gasteiger partial charge in [0.25, 0.3) is 0 Å². The van der Waals surface area contributed by atoms with Gasteiger partial charge in [-0.3, -0.25) is 0 Å². The summed E-state index contributed by atoms with van der Waals surface area (Å²) in [7, 11) is 0. The van der Waals surface area contributed by atoms with Gasteiger partial charge in [0.1, 0.15) is 6.10 Å². The van der Waals surface area contributed by atoms with Gasteiger partial charge in [-0.05, 0) is 37.9 Å². The van der Waals surface area contributed by atoms with Crippen LogP contribution in [0.25, 0.3) is 32.3 Å². The van der Waals surface area contributed by atoms with E-state index in [0.717, 1.165) is 5.56 Å². The quantitative estimate of drug-likeness (QED) is 0.553. The van der Waals surface area contributed by atoms with Crippen molar-refractivity contribution in [1.29, 1.82) is 0 Å². The summed E-state index contributed by atoms with van der Waals surface area (Å²) in [5.41, 5.74) is 1.09. The van der Waals surface area contributed by atoms with Crippen LogP contribution in [0.15, 0.2) is 54.6 Å². The van der Waals surface area contributed by atoms with Gasteiger partial charge in [-0.1, -0.05) is 54.6 Å². The molecule has 3 heteroatoms. The molecule has 0 amide bonds. The van der Waals surface area contributed by atoms with Crippen LogP contribution in [0.3, 0.4) is 0 Å². The number of rotatable bonds is 2. The summed E-state index contributed by atoms with van der Waals surface area (Å²) < 4.78 is 5.90. The third-order valence-corrected chi connectivity index (χ3v) is 5.31. The molecule has 0 aromatic heterocycles. The molecule has 0 saturated carbocycles. The summed E-state index contributed by atoms with van der Waals surface area (Å²) in [5.74, 6) is 0. The summed E-state index contributed by atoms with van der Waals surface area (Å²) in [5, 5.41) is 26.8. The van der Waals surface area contributed by atoms with Gasteiger partial charge in [0, 0.05) is 6.42 Å². The fraction of sp³-hybridized carbons (Fsp3) is 0.238. The second-order valence-corrected chi connectivity index (χ2v) is 6.66. The van der Waals surface area contributed by atoms with E-state index in [0.29, 0.717) is 6.42 Å². The maximum atomic E-state index is 10.1. The molecule has 0 radical (unpaired) electrons. The van der Waals surface area contributed by atoms with Gasteiger partial charge in [-0.15, -0.1) is 0 Å². The Balaban J connectivity index is 1.79. The molecule has 3 atom stereocenters. The second kappa shape index (κ2) is 5.15. The number of aliphatic hydroxyl groups excluding tert-OH is 2. The minimum atomic E-state index is -0.612. The van der Waals surface area contributed by atoms with Crippen molar-refractivity contribution in [2.45, 2.75) is 24.7 Å². The van der Waals surface area contributed by atoms with E-state index in [1.807, 2.05) is 0 Å². The van der Waals surface area contributed by atoms with E-state index < -0.39 is 12.2 Å². The molecule has 3 nitrogen and oxygen atoms in total. The Labute approximate surface area is 139 Å². The lowest BCUT2D eigenvalue weighted by atomic mass is 9.90. The van der Waals surface area contributed by atoms with E-state index in [-0.39, 0.29) is 12.7 Å². The molecule has 1 fully saturated rings. The van der Waals surface area contributed by atoms with Crippen LogP contribution in [0.1, 0.15) is 18.1 Å². The van der Waals surface area contributed by atoms with Gasteiger partial charge in [0.05, 0.1) is 18.8 Å². The standard InChI is InChI=1S/C21H18O3/c22-11-19-17(23)10-18(24-19)15-8-6-14-5-4-12-2-1-3-13-7-9-16(15)21(14)20(12)13/h1-9,17-19,22-23H,10-11H2/t17-,18?,19+/m0/s1. The smallest absolute Gasteiger partial charge is 0.107 e. The Morgan fingerprint density at radius 3 is 2.25 bits per heavy atom. The van der Waals surface area contributed by atoms with Crippen molar-refractivity contribution in [1.82, 2.24) is 0 Å². The maximum absolute atomic E-state index is 10.1. The van der Waals surface area contributed by atoms with E-state index >= 15 is 0 Å². The largest absolute Gasteiger partial charge is 0.394 e. The predicted molar refractivity (Wildman–Crippen MR) is 95.5 cm³/mol. The zero-order valence-electron chi connectivity index (χ0n) is 13.1. The van der Waals surface area contributed by atoms with Crippen molar-refractivity contribution < 1.29 is 14.9 Å². The molecular weight excluding hydrogens is 300 g/mol. The van der Waals surface area contributed by atoms with Crippen LogP contribution in [0.2, 0.25) is 0 Å². The van der Waals surface area contributed by atoms with Crippen molar-refractivity contribution in [3.05, 3.63) is 60.2 Å². The highest BCUT2D eigenvalue weighted by Gasteiger charge is 2.35. The zero-order chi connectivity index (χ0) is 16.3. The fourth-order valence-electron chi connectivity index (χ4n) is 4.13. The van der Waals surface area contributed by atoms with Crippen LogP contribution in [0.5, 0.6) is 0 Å². The highest BCUT2D eigenvalue weighted by Crippen LogP contribution is 2.41. The lowest BCUT2D eigenvalue weighted by Crippen LogP contribution is -2.24. The minimum absolute atomic E-state index is 0.149. The Morgan fingerprint density at radius 1 is 0.875 bits per heavy atom. The average molecular weight is 318 g/mol. The van der Waals surface area contributed by atoms with Gasteiger partial charge in [0.2, 0.25) is 0 Å². The highest BCUT2D eigenvalue weighted by molar-refractivity contribution is 6.23. The third-order valence-electron chi connectivity index (χ3n) is 5.31. The molecular formula is C21H18O3. The van der Waals surface area contributed by atoms with Crippen LogP contribution in [-0.2, 0) is 4.74 Å². The molecule has 1 saturated heterocycles. The van der Waals surface area contributed by atoms with Crippen molar-refractivity contribution in [3.63, 3.8) is 0 Å². The van der Waals surface area contributed by atoms with E-state index in [2.05, 4.69) is 54.6 Å². The Bertz CT molecular complexity index is 1020. The van der Waals surface area contributed by atoms with Gasteiger partial charge in [-0.2, -0.15) is 0 Å². The van der Waals surface area contributed by atoms with E-state index in [9.17, 15) is 10.2 Å². The molecule has 24 heavy (non-hydrogen) atoms. The predicted octanol–water partition coefficient (Wildman–Crippen LogP) is 3.77. The molecule has 120 valence electrons. The van der Waals surface area contributed by atoms with E-state index in [1.165, 1.54) is 32.3 Å². The Hall–Kier alpha value is -2.20. The second-order valence-electron chi connectivity index (χ2n) is 6.66. The molecule has 0 bridgehead atoms. The first-order valence-corrected chi connectivity index (χ1v) is 8.37. The van der Waals surface area contributed by atoms with Crippen LogP contribution in [-0.4, -0.2) is 29.0 Å². The molecule has 2 N–H and O–H groups in total. The van der Waals surface area contributed by atoms with Crippen LogP contribution >= 0.6 is 0 Å². The molecule has 4 aromatic carbocycles. The van der Waals surface area contributed by atoms with E-state index in [1.54, 1.807) is 0 Å². The molecule has 0 spiro atoms. The third kappa shape index (κ3) is 1.89. The lowest BCUT2D eigenvalue weighted by molar-refractivity contribution is -0.0222.